The summed E-state index contributed by atoms with van der Waals surface area (Å²) in [5.74, 6) is -0.101. The molecule has 3 heterocycles. The van der Waals surface area contributed by atoms with E-state index in [-0.39, 0.29) is 5.91 Å². The Morgan fingerprint density at radius 1 is 1.12 bits per heavy atom. The maximum absolute atomic E-state index is 12.3. The maximum atomic E-state index is 12.3. The molecule has 0 saturated carbocycles. The van der Waals surface area contributed by atoms with Crippen molar-refractivity contribution in [1.82, 2.24) is 25.5 Å². The number of amides is 1. The van der Waals surface area contributed by atoms with E-state index in [0.29, 0.717) is 12.1 Å². The summed E-state index contributed by atoms with van der Waals surface area (Å²) in [4.78, 5) is 19.7. The van der Waals surface area contributed by atoms with Crippen LogP contribution in [0.3, 0.4) is 0 Å². The van der Waals surface area contributed by atoms with Crippen molar-refractivity contribution in [2.45, 2.75) is 6.42 Å². The molecule has 4 rings (SSSR count). The van der Waals surface area contributed by atoms with E-state index in [1.165, 1.54) is 5.56 Å². The van der Waals surface area contributed by atoms with Gasteiger partial charge in [0.1, 0.15) is 5.69 Å². The first-order chi connectivity index (χ1) is 12.3. The highest BCUT2D eigenvalue weighted by atomic mass is 16.1. The average Bonchev–Trinajstić information content (AvgIpc) is 3.29. The van der Waals surface area contributed by atoms with Crippen LogP contribution in [0.4, 0.5) is 0 Å². The minimum Gasteiger partial charge on any atom is -0.359 e. The molecular formula is C19H17N5O. The topological polar surface area (TPSA) is 86.5 Å². The summed E-state index contributed by atoms with van der Waals surface area (Å²) >= 11 is 0. The third kappa shape index (κ3) is 3.14. The molecule has 6 heteroatoms. The SMILES string of the molecule is O=C(NCCc1ccccc1)c1c[nH]c(-c2n[nH]c3ncccc23)c1. The van der Waals surface area contributed by atoms with Crippen LogP contribution in [-0.4, -0.2) is 32.6 Å². The van der Waals surface area contributed by atoms with E-state index in [1.807, 2.05) is 30.3 Å². The Kier molecular flexibility index (Phi) is 4.00. The van der Waals surface area contributed by atoms with Crippen LogP contribution < -0.4 is 5.32 Å². The van der Waals surface area contributed by atoms with Gasteiger partial charge in [0.25, 0.3) is 5.91 Å². The fraction of sp³-hybridized carbons (Fsp3) is 0.105. The monoisotopic (exact) mass is 331 g/mol. The first-order valence-electron chi connectivity index (χ1n) is 8.11. The summed E-state index contributed by atoms with van der Waals surface area (Å²) < 4.78 is 0. The molecule has 0 atom stereocenters. The normalized spacial score (nSPS) is 10.9. The number of pyridine rings is 1. The summed E-state index contributed by atoms with van der Waals surface area (Å²) in [6.45, 7) is 0.596. The standard InChI is InChI=1S/C19H17N5O/c25-19(21-10-8-13-5-2-1-3-6-13)14-11-16(22-12-14)17-15-7-4-9-20-18(15)24-23-17/h1-7,9,11-12,22H,8,10H2,(H,21,25)(H,20,23,24). The second-order valence-electron chi connectivity index (χ2n) is 5.77. The van der Waals surface area contributed by atoms with E-state index in [9.17, 15) is 4.79 Å². The van der Waals surface area contributed by atoms with Crippen LogP contribution in [0.25, 0.3) is 22.4 Å². The highest BCUT2D eigenvalue weighted by Gasteiger charge is 2.13. The lowest BCUT2D eigenvalue weighted by Gasteiger charge is -2.03. The number of benzene rings is 1. The molecule has 0 spiro atoms. The first kappa shape index (κ1) is 15.1. The summed E-state index contributed by atoms with van der Waals surface area (Å²) in [5.41, 5.74) is 4.05. The zero-order valence-electron chi connectivity index (χ0n) is 13.5. The first-order valence-corrected chi connectivity index (χ1v) is 8.11. The fourth-order valence-corrected chi connectivity index (χ4v) is 2.79. The van der Waals surface area contributed by atoms with Gasteiger partial charge >= 0.3 is 0 Å². The Labute approximate surface area is 144 Å². The van der Waals surface area contributed by atoms with Crippen LogP contribution >= 0.6 is 0 Å². The quantitative estimate of drug-likeness (QED) is 0.525. The number of carbonyl (C=O) groups excluding carboxylic acids is 1. The van der Waals surface area contributed by atoms with E-state index in [2.05, 4.69) is 37.6 Å². The molecule has 1 amide bonds. The lowest BCUT2D eigenvalue weighted by molar-refractivity contribution is 0.0954. The number of rotatable bonds is 5. The Hall–Kier alpha value is -3.41. The highest BCUT2D eigenvalue weighted by Crippen LogP contribution is 2.24. The minimum absolute atomic E-state index is 0.101. The molecular weight excluding hydrogens is 314 g/mol. The van der Waals surface area contributed by atoms with Gasteiger partial charge in [-0.2, -0.15) is 5.10 Å². The summed E-state index contributed by atoms with van der Waals surface area (Å²) in [5, 5.41) is 11.0. The van der Waals surface area contributed by atoms with E-state index in [1.54, 1.807) is 18.5 Å². The molecule has 124 valence electrons. The second kappa shape index (κ2) is 6.60. The Morgan fingerprint density at radius 2 is 2.00 bits per heavy atom. The van der Waals surface area contributed by atoms with Crippen LogP contribution in [0.2, 0.25) is 0 Å². The maximum Gasteiger partial charge on any atom is 0.252 e. The van der Waals surface area contributed by atoms with Gasteiger partial charge in [-0.1, -0.05) is 30.3 Å². The van der Waals surface area contributed by atoms with Gasteiger partial charge in [-0.25, -0.2) is 4.98 Å². The third-order valence-corrected chi connectivity index (χ3v) is 4.08. The Bertz CT molecular complexity index is 1000. The molecule has 3 aromatic heterocycles. The molecule has 0 aliphatic carbocycles. The molecule has 6 nitrogen and oxygen atoms in total. The van der Waals surface area contributed by atoms with Crippen molar-refractivity contribution in [2.24, 2.45) is 0 Å². The van der Waals surface area contributed by atoms with Crippen molar-refractivity contribution in [3.05, 3.63) is 72.1 Å². The molecule has 25 heavy (non-hydrogen) atoms. The molecule has 0 unspecified atom stereocenters. The van der Waals surface area contributed by atoms with Crippen molar-refractivity contribution in [1.29, 1.82) is 0 Å². The van der Waals surface area contributed by atoms with Gasteiger partial charge in [-0.3, -0.25) is 9.89 Å². The van der Waals surface area contributed by atoms with Crippen LogP contribution in [-0.2, 0) is 6.42 Å². The fourth-order valence-electron chi connectivity index (χ4n) is 2.79. The van der Waals surface area contributed by atoms with Gasteiger partial charge in [0, 0.05) is 24.3 Å². The molecule has 4 aromatic rings. The number of nitrogens with zero attached hydrogens (tertiary/aromatic N) is 2. The highest BCUT2D eigenvalue weighted by molar-refractivity contribution is 5.97. The zero-order valence-corrected chi connectivity index (χ0v) is 13.5. The number of aromatic amines is 2. The number of H-pyrrole nitrogens is 2. The van der Waals surface area contributed by atoms with Gasteiger partial charge in [0.2, 0.25) is 0 Å². The number of fused-ring (bicyclic) bond motifs is 1. The van der Waals surface area contributed by atoms with Gasteiger partial charge < -0.3 is 10.3 Å². The van der Waals surface area contributed by atoms with E-state index < -0.39 is 0 Å². The molecule has 0 aliphatic heterocycles. The largest absolute Gasteiger partial charge is 0.359 e. The molecule has 3 N–H and O–H groups in total. The van der Waals surface area contributed by atoms with Crippen molar-refractivity contribution in [3.8, 4) is 11.4 Å². The van der Waals surface area contributed by atoms with E-state index in [4.69, 9.17) is 0 Å². The lowest BCUT2D eigenvalue weighted by atomic mass is 10.1. The van der Waals surface area contributed by atoms with Crippen molar-refractivity contribution in [3.63, 3.8) is 0 Å². The smallest absolute Gasteiger partial charge is 0.252 e. The number of carbonyl (C=O) groups is 1. The third-order valence-electron chi connectivity index (χ3n) is 4.08. The molecule has 0 radical (unpaired) electrons. The summed E-state index contributed by atoms with van der Waals surface area (Å²) in [7, 11) is 0. The van der Waals surface area contributed by atoms with Gasteiger partial charge in [0.15, 0.2) is 5.65 Å². The minimum atomic E-state index is -0.101. The Morgan fingerprint density at radius 3 is 2.88 bits per heavy atom. The molecule has 1 aromatic carbocycles. The number of hydrogen-bond acceptors (Lipinski definition) is 3. The zero-order chi connectivity index (χ0) is 17.1. The Balaban J connectivity index is 1.45. The van der Waals surface area contributed by atoms with Crippen LogP contribution in [0.15, 0.2) is 60.9 Å². The van der Waals surface area contributed by atoms with Crippen molar-refractivity contribution >= 4 is 16.9 Å². The lowest BCUT2D eigenvalue weighted by Crippen LogP contribution is -2.25. The van der Waals surface area contributed by atoms with Gasteiger partial charge in [-0.15, -0.1) is 0 Å². The van der Waals surface area contributed by atoms with E-state index in [0.717, 1.165) is 28.8 Å². The van der Waals surface area contributed by atoms with Crippen LogP contribution in [0.5, 0.6) is 0 Å². The van der Waals surface area contributed by atoms with Gasteiger partial charge in [-0.05, 0) is 30.2 Å². The predicted molar refractivity (Wildman–Crippen MR) is 96.2 cm³/mol. The second-order valence-corrected chi connectivity index (χ2v) is 5.77. The molecule has 0 fully saturated rings. The number of nitrogens with one attached hydrogen (secondary N) is 3. The molecule has 0 bridgehead atoms. The number of aromatic nitrogens is 4. The number of hydrogen-bond donors (Lipinski definition) is 3. The molecule has 0 aliphatic rings. The van der Waals surface area contributed by atoms with E-state index >= 15 is 0 Å². The average molecular weight is 331 g/mol. The van der Waals surface area contributed by atoms with Gasteiger partial charge in [0.05, 0.1) is 11.3 Å². The predicted octanol–water partition coefficient (Wildman–Crippen LogP) is 2.93. The van der Waals surface area contributed by atoms with Crippen LogP contribution in [0, 0.1) is 0 Å². The molecule has 0 saturated heterocycles. The summed E-state index contributed by atoms with van der Waals surface area (Å²) in [6.07, 6.45) is 4.22. The van der Waals surface area contributed by atoms with Crippen LogP contribution in [0.1, 0.15) is 15.9 Å². The van der Waals surface area contributed by atoms with Crippen molar-refractivity contribution in [2.75, 3.05) is 6.54 Å². The summed E-state index contributed by atoms with van der Waals surface area (Å²) in [6, 6.07) is 15.7. The van der Waals surface area contributed by atoms with Crippen molar-refractivity contribution < 1.29 is 4.79 Å².